The molecule has 0 spiro atoms. The van der Waals surface area contributed by atoms with Gasteiger partial charge in [-0.05, 0) is 76.7 Å². The molecule has 2 aromatic carbocycles. The maximum atomic E-state index is 13.0. The smallest absolute Gasteiger partial charge is 0.331 e. The maximum Gasteiger partial charge on any atom is 0.331 e. The molecule has 9 heteroatoms. The third kappa shape index (κ3) is 5.10. The van der Waals surface area contributed by atoms with E-state index in [2.05, 4.69) is 43.8 Å². The Morgan fingerprint density at radius 2 is 1.88 bits per heavy atom. The lowest BCUT2D eigenvalue weighted by Crippen LogP contribution is -2.53. The summed E-state index contributed by atoms with van der Waals surface area (Å²) in [5.41, 5.74) is 1.33. The molecule has 4 amide bonds. The monoisotopic (exact) mass is 606 g/mol. The summed E-state index contributed by atoms with van der Waals surface area (Å²) in [4.78, 5) is 38.6. The van der Waals surface area contributed by atoms with Crippen LogP contribution in [-0.2, 0) is 22.7 Å². The van der Waals surface area contributed by atoms with Crippen LogP contribution in [0.25, 0.3) is 6.08 Å². The number of hydrogen-bond acceptors (Lipinski definition) is 5. The highest BCUT2D eigenvalue weighted by Gasteiger charge is 2.36. The number of carbonyl (C=O) groups excluding carboxylic acids is 3. The average molecular weight is 607 g/mol. The molecular formula is C23H16BrIN2O5. The van der Waals surface area contributed by atoms with Crippen molar-refractivity contribution in [1.29, 1.82) is 0 Å². The van der Waals surface area contributed by atoms with Gasteiger partial charge in [-0.25, -0.2) is 4.79 Å². The standard InChI is InChI=1S/C23H16BrIN2O5/c24-16-5-8-20(32-13-14-3-6-17(25)7-4-14)15(10-16)11-19-21(28)26-23(30)27(22(19)29)12-18-2-1-9-31-18/h1-11H,12-13H2,(H,26,28,30)/b19-11+. The van der Waals surface area contributed by atoms with Crippen molar-refractivity contribution in [1.82, 2.24) is 10.2 Å². The van der Waals surface area contributed by atoms with Crippen molar-refractivity contribution in [2.45, 2.75) is 13.2 Å². The fourth-order valence-corrected chi connectivity index (χ4v) is 3.80. The van der Waals surface area contributed by atoms with Crippen LogP contribution in [-0.4, -0.2) is 22.7 Å². The molecule has 4 rings (SSSR count). The van der Waals surface area contributed by atoms with E-state index in [1.807, 2.05) is 24.3 Å². The zero-order valence-electron chi connectivity index (χ0n) is 16.5. The minimum atomic E-state index is -0.794. The second-order valence-corrected chi connectivity index (χ2v) is 9.05. The van der Waals surface area contributed by atoms with Gasteiger partial charge in [0.25, 0.3) is 11.8 Å². The Hall–Kier alpha value is -2.92. The highest BCUT2D eigenvalue weighted by atomic mass is 127. The minimum Gasteiger partial charge on any atom is -0.488 e. The summed E-state index contributed by atoms with van der Waals surface area (Å²) in [6.45, 7) is 0.231. The fourth-order valence-electron chi connectivity index (χ4n) is 3.06. The molecule has 0 atom stereocenters. The van der Waals surface area contributed by atoms with Crippen LogP contribution < -0.4 is 10.1 Å². The van der Waals surface area contributed by atoms with E-state index in [0.29, 0.717) is 23.7 Å². The summed E-state index contributed by atoms with van der Waals surface area (Å²) >= 11 is 5.64. The molecule has 0 bridgehead atoms. The Balaban J connectivity index is 1.61. The molecule has 1 fully saturated rings. The number of amides is 4. The zero-order valence-corrected chi connectivity index (χ0v) is 20.3. The van der Waals surface area contributed by atoms with E-state index in [0.717, 1.165) is 18.5 Å². The SMILES string of the molecule is O=C1NC(=O)N(Cc2ccco2)C(=O)/C1=C/c1cc(Br)ccc1OCc1ccc(I)cc1. The predicted molar refractivity (Wildman–Crippen MR) is 128 cm³/mol. The van der Waals surface area contributed by atoms with Gasteiger partial charge < -0.3 is 9.15 Å². The van der Waals surface area contributed by atoms with Crippen LogP contribution >= 0.6 is 38.5 Å². The molecule has 2 heterocycles. The zero-order chi connectivity index (χ0) is 22.7. The lowest BCUT2D eigenvalue weighted by Gasteiger charge is -2.25. The van der Waals surface area contributed by atoms with Crippen molar-refractivity contribution in [3.8, 4) is 5.75 Å². The van der Waals surface area contributed by atoms with Gasteiger partial charge in [-0.1, -0.05) is 28.1 Å². The number of urea groups is 1. The van der Waals surface area contributed by atoms with Crippen LogP contribution in [0, 0.1) is 3.57 Å². The number of benzene rings is 2. The van der Waals surface area contributed by atoms with Crippen molar-refractivity contribution in [3.05, 3.63) is 91.4 Å². The Labute approximate surface area is 205 Å². The van der Waals surface area contributed by atoms with E-state index in [-0.39, 0.29) is 12.1 Å². The molecule has 1 aromatic heterocycles. The number of carbonyl (C=O) groups is 3. The third-order valence-corrected chi connectivity index (χ3v) is 5.87. The van der Waals surface area contributed by atoms with Gasteiger partial charge in [0.2, 0.25) is 0 Å². The maximum absolute atomic E-state index is 13.0. The fraction of sp³-hybridized carbons (Fsp3) is 0.0870. The highest BCUT2D eigenvalue weighted by molar-refractivity contribution is 14.1. The van der Waals surface area contributed by atoms with Crippen molar-refractivity contribution >= 4 is 62.4 Å². The summed E-state index contributed by atoms with van der Waals surface area (Å²) < 4.78 is 13.1. The third-order valence-electron chi connectivity index (χ3n) is 4.66. The number of hydrogen-bond donors (Lipinski definition) is 1. The van der Waals surface area contributed by atoms with Gasteiger partial charge in [0.15, 0.2) is 0 Å². The van der Waals surface area contributed by atoms with Crippen molar-refractivity contribution in [2.24, 2.45) is 0 Å². The van der Waals surface area contributed by atoms with Crippen LogP contribution in [0.1, 0.15) is 16.9 Å². The van der Waals surface area contributed by atoms with E-state index in [1.54, 1.807) is 30.3 Å². The topological polar surface area (TPSA) is 88.9 Å². The van der Waals surface area contributed by atoms with Crippen LogP contribution in [0.15, 0.2) is 75.3 Å². The van der Waals surface area contributed by atoms with Gasteiger partial charge in [0, 0.05) is 13.6 Å². The molecule has 0 aliphatic carbocycles. The summed E-state index contributed by atoms with van der Waals surface area (Å²) in [7, 11) is 0. The molecule has 0 radical (unpaired) electrons. The molecule has 7 nitrogen and oxygen atoms in total. The molecule has 1 saturated heterocycles. The average Bonchev–Trinajstić information content (AvgIpc) is 3.28. The number of furan rings is 1. The van der Waals surface area contributed by atoms with Crippen LogP contribution in [0.3, 0.4) is 0 Å². The molecule has 3 aromatic rings. The Bertz CT molecular complexity index is 1210. The summed E-state index contributed by atoms with van der Waals surface area (Å²) in [5, 5.41) is 2.20. The lowest BCUT2D eigenvalue weighted by molar-refractivity contribution is -0.130. The van der Waals surface area contributed by atoms with Crippen LogP contribution in [0.2, 0.25) is 0 Å². The van der Waals surface area contributed by atoms with Gasteiger partial charge in [-0.3, -0.25) is 19.8 Å². The number of ether oxygens (including phenoxy) is 1. The normalized spacial score (nSPS) is 15.2. The number of barbiturate groups is 1. The van der Waals surface area contributed by atoms with Gasteiger partial charge in [-0.2, -0.15) is 0 Å². The predicted octanol–water partition coefficient (Wildman–Crippen LogP) is 4.89. The summed E-state index contributed by atoms with van der Waals surface area (Å²) in [6.07, 6.45) is 2.87. The Morgan fingerprint density at radius 3 is 2.59 bits per heavy atom. The Kier molecular flexibility index (Phi) is 6.75. The molecule has 0 saturated carbocycles. The van der Waals surface area contributed by atoms with Crippen molar-refractivity contribution < 1.29 is 23.5 Å². The molecule has 0 unspecified atom stereocenters. The number of nitrogens with zero attached hydrogens (tertiary/aromatic N) is 1. The molecule has 1 N–H and O–H groups in total. The van der Waals surface area contributed by atoms with Gasteiger partial charge in [0.05, 0.1) is 12.8 Å². The van der Waals surface area contributed by atoms with E-state index in [9.17, 15) is 14.4 Å². The van der Waals surface area contributed by atoms with E-state index < -0.39 is 17.8 Å². The second-order valence-electron chi connectivity index (χ2n) is 6.89. The first-order valence-corrected chi connectivity index (χ1v) is 11.4. The highest BCUT2D eigenvalue weighted by Crippen LogP contribution is 2.28. The van der Waals surface area contributed by atoms with Gasteiger partial charge in [0.1, 0.15) is 23.7 Å². The number of rotatable bonds is 6. The number of halogens is 2. The first-order valence-electron chi connectivity index (χ1n) is 9.49. The molecule has 1 aliphatic rings. The Morgan fingerprint density at radius 1 is 1.09 bits per heavy atom. The van der Waals surface area contributed by atoms with Crippen LogP contribution in [0.4, 0.5) is 4.79 Å². The number of imide groups is 2. The number of nitrogens with one attached hydrogen (secondary N) is 1. The van der Waals surface area contributed by atoms with Crippen molar-refractivity contribution in [3.63, 3.8) is 0 Å². The molecule has 1 aliphatic heterocycles. The summed E-state index contributed by atoms with van der Waals surface area (Å²) in [6, 6.07) is 15.7. The van der Waals surface area contributed by atoms with E-state index in [1.165, 1.54) is 12.3 Å². The molecule has 32 heavy (non-hydrogen) atoms. The van der Waals surface area contributed by atoms with E-state index >= 15 is 0 Å². The van der Waals surface area contributed by atoms with E-state index in [4.69, 9.17) is 9.15 Å². The van der Waals surface area contributed by atoms with Gasteiger partial charge in [-0.15, -0.1) is 0 Å². The molecular weight excluding hydrogens is 591 g/mol. The summed E-state index contributed by atoms with van der Waals surface area (Å²) in [5.74, 6) is -0.557. The first-order chi connectivity index (χ1) is 15.4. The molecule has 162 valence electrons. The minimum absolute atomic E-state index is 0.0864. The van der Waals surface area contributed by atoms with Crippen LogP contribution in [0.5, 0.6) is 5.75 Å². The second kappa shape index (κ2) is 9.70. The van der Waals surface area contributed by atoms with Gasteiger partial charge >= 0.3 is 6.03 Å². The first kappa shape index (κ1) is 22.3. The largest absolute Gasteiger partial charge is 0.488 e. The lowest BCUT2D eigenvalue weighted by atomic mass is 10.1. The van der Waals surface area contributed by atoms with Crippen molar-refractivity contribution in [2.75, 3.05) is 0 Å². The quantitative estimate of drug-likeness (QED) is 0.245.